The Morgan fingerprint density at radius 2 is 1.52 bits per heavy atom. The Labute approximate surface area is 137 Å². The van der Waals surface area contributed by atoms with Crippen LogP contribution in [0, 0.1) is 0 Å². The second-order valence-electron chi connectivity index (χ2n) is 5.43. The van der Waals surface area contributed by atoms with Crippen LogP contribution in [0.15, 0.2) is 53.4 Å². The van der Waals surface area contributed by atoms with Crippen molar-refractivity contribution in [3.63, 3.8) is 0 Å². The summed E-state index contributed by atoms with van der Waals surface area (Å²) >= 11 is 7.76. The Bertz CT molecular complexity index is 548. The Morgan fingerprint density at radius 1 is 0.952 bits per heavy atom. The molecule has 0 spiro atoms. The Kier molecular flexibility index (Phi) is 6.16. The molecule has 2 rings (SSSR count). The number of hydrogen-bond acceptors (Lipinski definition) is 2. The molecule has 2 aromatic rings. The highest BCUT2D eigenvalue weighted by molar-refractivity contribution is 7.99. The van der Waals surface area contributed by atoms with E-state index in [-0.39, 0.29) is 0 Å². The van der Waals surface area contributed by atoms with E-state index in [1.807, 2.05) is 30.9 Å². The van der Waals surface area contributed by atoms with Crippen LogP contribution in [0.5, 0.6) is 0 Å². The molecule has 2 aromatic carbocycles. The third-order valence-corrected chi connectivity index (χ3v) is 4.94. The van der Waals surface area contributed by atoms with Gasteiger partial charge in [0.05, 0.1) is 0 Å². The summed E-state index contributed by atoms with van der Waals surface area (Å²) in [6, 6.07) is 17.3. The molecule has 1 atom stereocenters. The van der Waals surface area contributed by atoms with E-state index >= 15 is 0 Å². The summed E-state index contributed by atoms with van der Waals surface area (Å²) in [7, 11) is 2.02. The van der Waals surface area contributed by atoms with E-state index in [0.717, 1.165) is 10.8 Å². The molecule has 0 fully saturated rings. The van der Waals surface area contributed by atoms with Crippen molar-refractivity contribution >= 4 is 23.4 Å². The largest absolute Gasteiger partial charge is 0.312 e. The smallest absolute Gasteiger partial charge is 0.0412 e. The third-order valence-electron chi connectivity index (χ3n) is 3.58. The standard InChI is InChI=1S/C18H22ClNS/c1-13(2)14-4-6-15(7-5-14)18(20-3)12-21-17-10-8-16(19)9-11-17/h4-11,13,18,20H,12H2,1-3H3. The fraction of sp³-hybridized carbons (Fsp3) is 0.333. The number of halogens is 1. The van der Waals surface area contributed by atoms with Gasteiger partial charge in [0.2, 0.25) is 0 Å². The summed E-state index contributed by atoms with van der Waals surface area (Å²) < 4.78 is 0. The topological polar surface area (TPSA) is 12.0 Å². The molecule has 0 radical (unpaired) electrons. The van der Waals surface area contributed by atoms with E-state index in [1.54, 1.807) is 0 Å². The normalized spacial score (nSPS) is 12.6. The molecule has 0 heterocycles. The molecule has 0 aliphatic heterocycles. The van der Waals surface area contributed by atoms with E-state index in [9.17, 15) is 0 Å². The van der Waals surface area contributed by atoms with Crippen LogP contribution < -0.4 is 5.32 Å². The van der Waals surface area contributed by atoms with Crippen molar-refractivity contribution in [2.75, 3.05) is 12.8 Å². The van der Waals surface area contributed by atoms with Crippen molar-refractivity contribution in [1.29, 1.82) is 0 Å². The molecule has 0 aliphatic rings. The average molecular weight is 320 g/mol. The van der Waals surface area contributed by atoms with Crippen molar-refractivity contribution in [1.82, 2.24) is 5.32 Å². The molecule has 21 heavy (non-hydrogen) atoms. The van der Waals surface area contributed by atoms with Crippen molar-refractivity contribution < 1.29 is 0 Å². The van der Waals surface area contributed by atoms with E-state index in [0.29, 0.717) is 12.0 Å². The first-order chi connectivity index (χ1) is 10.1. The second-order valence-corrected chi connectivity index (χ2v) is 6.96. The predicted molar refractivity (Wildman–Crippen MR) is 94.5 cm³/mol. The highest BCUT2D eigenvalue weighted by Gasteiger charge is 2.10. The minimum Gasteiger partial charge on any atom is -0.312 e. The monoisotopic (exact) mass is 319 g/mol. The summed E-state index contributed by atoms with van der Waals surface area (Å²) in [6.07, 6.45) is 0. The molecule has 1 unspecified atom stereocenters. The Morgan fingerprint density at radius 3 is 2.05 bits per heavy atom. The Hall–Kier alpha value is -0.960. The van der Waals surface area contributed by atoms with Gasteiger partial charge in [-0.15, -0.1) is 11.8 Å². The number of rotatable bonds is 6. The number of nitrogens with one attached hydrogen (secondary N) is 1. The van der Waals surface area contributed by atoms with Crippen LogP contribution in [0.1, 0.15) is 36.9 Å². The third kappa shape index (κ3) is 4.77. The Balaban J connectivity index is 2.00. The fourth-order valence-corrected chi connectivity index (χ4v) is 3.34. The lowest BCUT2D eigenvalue weighted by Crippen LogP contribution is -2.18. The maximum Gasteiger partial charge on any atom is 0.0412 e. The average Bonchev–Trinajstić information content (AvgIpc) is 2.50. The minimum atomic E-state index is 0.354. The zero-order chi connectivity index (χ0) is 15.2. The van der Waals surface area contributed by atoms with Crippen LogP contribution in [0.4, 0.5) is 0 Å². The molecule has 0 amide bonds. The van der Waals surface area contributed by atoms with Gasteiger partial charge < -0.3 is 5.32 Å². The first kappa shape index (κ1) is 16.4. The zero-order valence-electron chi connectivity index (χ0n) is 12.8. The van der Waals surface area contributed by atoms with Crippen molar-refractivity contribution in [3.05, 3.63) is 64.7 Å². The van der Waals surface area contributed by atoms with Gasteiger partial charge in [-0.05, 0) is 48.4 Å². The summed E-state index contributed by atoms with van der Waals surface area (Å²) in [4.78, 5) is 1.25. The number of hydrogen-bond donors (Lipinski definition) is 1. The molecular weight excluding hydrogens is 298 g/mol. The van der Waals surface area contributed by atoms with Crippen LogP contribution in [0.3, 0.4) is 0 Å². The van der Waals surface area contributed by atoms with Gasteiger partial charge in [0.15, 0.2) is 0 Å². The van der Waals surface area contributed by atoms with Crippen LogP contribution in [-0.2, 0) is 0 Å². The summed E-state index contributed by atoms with van der Waals surface area (Å²) in [5.74, 6) is 1.58. The highest BCUT2D eigenvalue weighted by atomic mass is 35.5. The molecule has 0 saturated carbocycles. The molecule has 0 bridgehead atoms. The quantitative estimate of drug-likeness (QED) is 0.704. The second kappa shape index (κ2) is 7.88. The maximum atomic E-state index is 5.92. The van der Waals surface area contributed by atoms with Gasteiger partial charge in [-0.3, -0.25) is 0 Å². The molecule has 3 heteroatoms. The molecule has 0 saturated heterocycles. The molecule has 0 aromatic heterocycles. The summed E-state index contributed by atoms with van der Waals surface area (Å²) in [5, 5.41) is 4.19. The number of benzene rings is 2. The van der Waals surface area contributed by atoms with Crippen LogP contribution in [0.25, 0.3) is 0 Å². The fourth-order valence-electron chi connectivity index (χ4n) is 2.17. The first-order valence-corrected chi connectivity index (χ1v) is 8.62. The van der Waals surface area contributed by atoms with E-state index < -0.39 is 0 Å². The van der Waals surface area contributed by atoms with Gasteiger partial charge in [-0.25, -0.2) is 0 Å². The SMILES string of the molecule is CNC(CSc1ccc(Cl)cc1)c1ccc(C(C)C)cc1. The van der Waals surface area contributed by atoms with Gasteiger partial charge in [0, 0.05) is 21.7 Å². The van der Waals surface area contributed by atoms with Gasteiger partial charge in [0.1, 0.15) is 0 Å². The lowest BCUT2D eigenvalue weighted by Gasteiger charge is -2.17. The van der Waals surface area contributed by atoms with E-state index in [4.69, 9.17) is 11.6 Å². The van der Waals surface area contributed by atoms with Gasteiger partial charge in [-0.1, -0.05) is 49.7 Å². The highest BCUT2D eigenvalue weighted by Crippen LogP contribution is 2.26. The van der Waals surface area contributed by atoms with Gasteiger partial charge in [0.25, 0.3) is 0 Å². The van der Waals surface area contributed by atoms with E-state index in [1.165, 1.54) is 16.0 Å². The minimum absolute atomic E-state index is 0.354. The molecule has 112 valence electrons. The van der Waals surface area contributed by atoms with Crippen molar-refractivity contribution in [2.24, 2.45) is 0 Å². The van der Waals surface area contributed by atoms with E-state index in [2.05, 4.69) is 55.6 Å². The zero-order valence-corrected chi connectivity index (χ0v) is 14.3. The summed E-state index contributed by atoms with van der Waals surface area (Å²) in [5.41, 5.74) is 2.72. The predicted octanol–water partition coefficient (Wildman–Crippen LogP) is 5.52. The molecule has 1 N–H and O–H groups in total. The van der Waals surface area contributed by atoms with Crippen molar-refractivity contribution in [3.8, 4) is 0 Å². The maximum absolute atomic E-state index is 5.92. The first-order valence-electron chi connectivity index (χ1n) is 7.25. The van der Waals surface area contributed by atoms with Gasteiger partial charge in [-0.2, -0.15) is 0 Å². The lowest BCUT2D eigenvalue weighted by molar-refractivity contribution is 0.661. The van der Waals surface area contributed by atoms with Crippen LogP contribution in [0.2, 0.25) is 5.02 Å². The van der Waals surface area contributed by atoms with Gasteiger partial charge >= 0.3 is 0 Å². The molecular formula is C18H22ClNS. The molecule has 1 nitrogen and oxygen atoms in total. The summed E-state index contributed by atoms with van der Waals surface area (Å²) in [6.45, 7) is 4.45. The molecule has 0 aliphatic carbocycles. The van der Waals surface area contributed by atoms with Crippen molar-refractivity contribution in [2.45, 2.75) is 30.7 Å². The van der Waals surface area contributed by atoms with Crippen LogP contribution in [-0.4, -0.2) is 12.8 Å². The van der Waals surface area contributed by atoms with Crippen LogP contribution >= 0.6 is 23.4 Å². The number of thioether (sulfide) groups is 1. The lowest BCUT2D eigenvalue weighted by atomic mass is 10.00.